The van der Waals surface area contributed by atoms with Crippen LogP contribution in [-0.4, -0.2) is 22.8 Å². The van der Waals surface area contributed by atoms with Gasteiger partial charge in [-0.25, -0.2) is 5.48 Å². The number of carbonyl (C=O) groups is 3. The topological polar surface area (TPSA) is 95.5 Å². The van der Waals surface area contributed by atoms with Crippen LogP contribution in [0.5, 0.6) is 0 Å². The zero-order chi connectivity index (χ0) is 28.1. The minimum atomic E-state index is -4.99. The molecule has 1 aliphatic carbocycles. The van der Waals surface area contributed by atoms with Gasteiger partial charge < -0.3 is 5.32 Å². The van der Waals surface area contributed by atoms with Crippen LogP contribution in [0.1, 0.15) is 71.1 Å². The molecule has 0 atom stereocenters. The molecule has 2 aromatic carbocycles. The molecular formula is C26H24F6N2O4. The average Bonchev–Trinajstić information content (AvgIpc) is 2.84. The third kappa shape index (κ3) is 7.67. The molecule has 38 heavy (non-hydrogen) atoms. The normalized spacial score (nSPS) is 14.8. The number of unbranched alkanes of at least 4 members (excludes halogenated alkanes) is 2. The number of halogens is 6. The summed E-state index contributed by atoms with van der Waals surface area (Å²) in [6, 6.07) is 5.75. The highest BCUT2D eigenvalue weighted by molar-refractivity contribution is 6.13. The number of nitrogens with one attached hydrogen (secondary N) is 2. The van der Waals surface area contributed by atoms with Crippen molar-refractivity contribution in [3.63, 3.8) is 0 Å². The second-order valence-electron chi connectivity index (χ2n) is 8.85. The third-order valence-electron chi connectivity index (χ3n) is 5.97. The molecule has 3 rings (SSSR count). The van der Waals surface area contributed by atoms with Crippen molar-refractivity contribution in [1.82, 2.24) is 5.48 Å². The van der Waals surface area contributed by atoms with Gasteiger partial charge in [0.05, 0.1) is 11.1 Å². The minimum absolute atomic E-state index is 0.0333. The maximum absolute atomic E-state index is 13.2. The first-order valence-corrected chi connectivity index (χ1v) is 11.7. The number of hydrogen-bond donors (Lipinski definition) is 3. The number of carbonyl (C=O) groups excluding carboxylic acids is 3. The molecule has 0 aliphatic heterocycles. The van der Waals surface area contributed by atoms with E-state index < -0.39 is 35.2 Å². The molecule has 2 amide bonds. The highest BCUT2D eigenvalue weighted by Crippen LogP contribution is 2.37. The van der Waals surface area contributed by atoms with Crippen LogP contribution in [0.3, 0.4) is 0 Å². The molecule has 0 fully saturated rings. The summed E-state index contributed by atoms with van der Waals surface area (Å²) in [5, 5.41) is 11.1. The Morgan fingerprint density at radius 1 is 0.842 bits per heavy atom. The molecule has 0 saturated carbocycles. The molecule has 0 bridgehead atoms. The molecule has 0 heterocycles. The second-order valence-corrected chi connectivity index (χ2v) is 8.85. The summed E-state index contributed by atoms with van der Waals surface area (Å²) in [4.78, 5) is 36.1. The lowest BCUT2D eigenvalue weighted by Crippen LogP contribution is -2.18. The fraction of sp³-hybridized carbons (Fsp3) is 0.346. The number of anilines is 1. The molecule has 0 unspecified atom stereocenters. The maximum Gasteiger partial charge on any atom is 0.416 e. The molecule has 0 saturated heterocycles. The Balaban J connectivity index is 1.70. The predicted molar refractivity (Wildman–Crippen MR) is 125 cm³/mol. The van der Waals surface area contributed by atoms with Crippen LogP contribution in [0.4, 0.5) is 32.0 Å². The summed E-state index contributed by atoms with van der Waals surface area (Å²) < 4.78 is 78.9. The quantitative estimate of drug-likeness (QED) is 0.119. The van der Waals surface area contributed by atoms with E-state index in [2.05, 4.69) is 5.32 Å². The van der Waals surface area contributed by atoms with Crippen LogP contribution >= 0.6 is 0 Å². The summed E-state index contributed by atoms with van der Waals surface area (Å²) in [6.45, 7) is 0. The molecule has 0 aromatic heterocycles. The SMILES string of the molecule is O=C(CCCCCC(=O)Nc1ccc2c(c1)CC/C(=C\c1cc(C(F)(F)F)cc(C(F)(F)F)c1)C2=O)NO. The minimum Gasteiger partial charge on any atom is -0.326 e. The summed E-state index contributed by atoms with van der Waals surface area (Å²) in [7, 11) is 0. The Kier molecular flexibility index (Phi) is 8.97. The Bertz CT molecular complexity index is 1220. The standard InChI is InChI=1S/C26H24F6N2O4/c27-25(28,29)18-11-15(12-19(14-18)26(30,31)32)10-17-7-6-16-13-20(8-9-21(16)24(17)37)33-22(35)4-2-1-3-5-23(36)34-38/h8-14,38H,1-7H2,(H,33,35)(H,34,36)/b17-10+. The van der Waals surface area contributed by atoms with E-state index in [9.17, 15) is 40.7 Å². The van der Waals surface area contributed by atoms with E-state index in [-0.39, 0.29) is 47.9 Å². The molecule has 204 valence electrons. The van der Waals surface area contributed by atoms with Crippen molar-refractivity contribution in [2.75, 3.05) is 5.32 Å². The van der Waals surface area contributed by atoms with Crippen LogP contribution in [0.15, 0.2) is 42.0 Å². The number of rotatable bonds is 8. The van der Waals surface area contributed by atoms with Crippen LogP contribution in [-0.2, 0) is 28.4 Å². The van der Waals surface area contributed by atoms with Crippen molar-refractivity contribution < 1.29 is 45.9 Å². The number of amides is 2. The summed E-state index contributed by atoms with van der Waals surface area (Å²) in [6.07, 6.45) is -6.56. The summed E-state index contributed by atoms with van der Waals surface area (Å²) in [5.74, 6) is -1.29. The molecule has 0 spiro atoms. The van der Waals surface area contributed by atoms with Crippen LogP contribution in [0.25, 0.3) is 6.08 Å². The molecule has 2 aromatic rings. The van der Waals surface area contributed by atoms with Gasteiger partial charge in [-0.1, -0.05) is 6.42 Å². The van der Waals surface area contributed by atoms with E-state index in [4.69, 9.17) is 5.21 Å². The number of fused-ring (bicyclic) bond motifs is 1. The van der Waals surface area contributed by atoms with Gasteiger partial charge in [0.15, 0.2) is 5.78 Å². The van der Waals surface area contributed by atoms with Crippen molar-refractivity contribution in [1.29, 1.82) is 0 Å². The number of hydroxylamine groups is 1. The van der Waals surface area contributed by atoms with E-state index in [1.54, 1.807) is 6.07 Å². The molecule has 0 radical (unpaired) electrons. The fourth-order valence-electron chi connectivity index (χ4n) is 4.08. The Morgan fingerprint density at radius 2 is 1.45 bits per heavy atom. The van der Waals surface area contributed by atoms with Gasteiger partial charge in [0, 0.05) is 29.7 Å². The molecule has 6 nitrogen and oxygen atoms in total. The summed E-state index contributed by atoms with van der Waals surface area (Å²) >= 11 is 0. The highest BCUT2D eigenvalue weighted by atomic mass is 19.4. The number of hydrogen-bond acceptors (Lipinski definition) is 4. The highest BCUT2D eigenvalue weighted by Gasteiger charge is 2.37. The van der Waals surface area contributed by atoms with Crippen molar-refractivity contribution in [2.24, 2.45) is 0 Å². The summed E-state index contributed by atoms with van der Waals surface area (Å²) in [5.41, 5.74) is -0.388. The van der Waals surface area contributed by atoms with Crippen molar-refractivity contribution in [3.05, 3.63) is 69.8 Å². The van der Waals surface area contributed by atoms with Gasteiger partial charge in [0.1, 0.15) is 0 Å². The van der Waals surface area contributed by atoms with E-state index in [1.807, 2.05) is 0 Å². The van der Waals surface area contributed by atoms with Gasteiger partial charge in [-0.2, -0.15) is 26.3 Å². The van der Waals surface area contributed by atoms with E-state index >= 15 is 0 Å². The fourth-order valence-corrected chi connectivity index (χ4v) is 4.08. The Labute approximate surface area is 213 Å². The van der Waals surface area contributed by atoms with E-state index in [0.29, 0.717) is 49.1 Å². The smallest absolute Gasteiger partial charge is 0.326 e. The number of benzene rings is 2. The van der Waals surface area contributed by atoms with Gasteiger partial charge in [-0.15, -0.1) is 0 Å². The third-order valence-corrected chi connectivity index (χ3v) is 5.97. The first-order valence-electron chi connectivity index (χ1n) is 11.7. The van der Waals surface area contributed by atoms with Crippen LogP contribution < -0.4 is 10.8 Å². The predicted octanol–water partition coefficient (Wildman–Crippen LogP) is 6.33. The number of allylic oxidation sites excluding steroid dienone is 1. The van der Waals surface area contributed by atoms with Gasteiger partial charge in [0.2, 0.25) is 11.8 Å². The maximum atomic E-state index is 13.2. The van der Waals surface area contributed by atoms with Crippen molar-refractivity contribution >= 4 is 29.4 Å². The average molecular weight is 542 g/mol. The van der Waals surface area contributed by atoms with E-state index in [1.165, 1.54) is 17.6 Å². The molecule has 12 heteroatoms. The Morgan fingerprint density at radius 3 is 2.03 bits per heavy atom. The Hall–Kier alpha value is -3.67. The zero-order valence-electron chi connectivity index (χ0n) is 19.9. The van der Waals surface area contributed by atoms with Crippen molar-refractivity contribution in [3.8, 4) is 0 Å². The number of aryl methyl sites for hydroxylation is 1. The monoisotopic (exact) mass is 542 g/mol. The number of Topliss-reactive ketones (excluding diaryl/α,β-unsaturated/α-hetero) is 1. The number of alkyl halides is 6. The van der Waals surface area contributed by atoms with Gasteiger partial charge in [-0.05, 0) is 79.3 Å². The van der Waals surface area contributed by atoms with Crippen molar-refractivity contribution in [2.45, 2.75) is 57.3 Å². The first-order chi connectivity index (χ1) is 17.8. The van der Waals surface area contributed by atoms with Gasteiger partial charge in [0.25, 0.3) is 0 Å². The lowest BCUT2D eigenvalue weighted by atomic mass is 9.85. The molecule has 1 aliphatic rings. The lowest BCUT2D eigenvalue weighted by molar-refractivity contribution is -0.143. The zero-order valence-corrected chi connectivity index (χ0v) is 19.9. The largest absolute Gasteiger partial charge is 0.416 e. The first kappa shape index (κ1) is 28.9. The van der Waals surface area contributed by atoms with Gasteiger partial charge >= 0.3 is 12.4 Å². The lowest BCUT2D eigenvalue weighted by Gasteiger charge is -2.19. The van der Waals surface area contributed by atoms with Gasteiger partial charge in [-0.3, -0.25) is 19.6 Å². The van der Waals surface area contributed by atoms with Crippen LogP contribution in [0, 0.1) is 0 Å². The second kappa shape index (κ2) is 11.8. The molecule has 3 N–H and O–H groups in total. The van der Waals surface area contributed by atoms with E-state index in [0.717, 1.165) is 6.08 Å². The molecular weight excluding hydrogens is 518 g/mol. The number of ketones is 1. The van der Waals surface area contributed by atoms with Crippen LogP contribution in [0.2, 0.25) is 0 Å².